The number of carbonyl (C=O) groups excluding carboxylic acids is 1. The lowest BCUT2D eigenvalue weighted by molar-refractivity contribution is -0.122. The second-order valence-electron chi connectivity index (χ2n) is 11.5. The maximum absolute atomic E-state index is 14.3. The number of nitrogens with one attached hydrogen (secondary N) is 2. The monoisotopic (exact) mass is 619 g/mol. The fourth-order valence-corrected chi connectivity index (χ4v) is 7.30. The van der Waals surface area contributed by atoms with E-state index < -0.39 is 33.6 Å². The van der Waals surface area contributed by atoms with Crippen LogP contribution in [0.15, 0.2) is 83.8 Å². The maximum Gasteiger partial charge on any atom is 0.241 e. The predicted molar refractivity (Wildman–Crippen MR) is 165 cm³/mol. The zero-order valence-corrected chi connectivity index (χ0v) is 25.1. The summed E-state index contributed by atoms with van der Waals surface area (Å²) in [4.78, 5) is 15.9. The summed E-state index contributed by atoms with van der Waals surface area (Å²) >= 11 is 0. The van der Waals surface area contributed by atoms with E-state index in [0.29, 0.717) is 13.0 Å². The van der Waals surface area contributed by atoms with Gasteiger partial charge in [-0.25, -0.2) is 21.9 Å². The van der Waals surface area contributed by atoms with Crippen LogP contribution in [0.25, 0.3) is 10.8 Å². The van der Waals surface area contributed by atoms with Gasteiger partial charge in [0.2, 0.25) is 15.9 Å². The Morgan fingerprint density at radius 3 is 2.50 bits per heavy atom. The van der Waals surface area contributed by atoms with E-state index in [0.717, 1.165) is 59.4 Å². The molecule has 1 saturated heterocycles. The van der Waals surface area contributed by atoms with Crippen molar-refractivity contribution in [3.8, 4) is 5.75 Å². The van der Waals surface area contributed by atoms with Crippen LogP contribution in [-0.2, 0) is 21.4 Å². The number of hydrogen-bond donors (Lipinski definition) is 2. The summed E-state index contributed by atoms with van der Waals surface area (Å²) in [6.07, 6.45) is 3.91. The van der Waals surface area contributed by atoms with Crippen molar-refractivity contribution in [2.24, 2.45) is 0 Å². The standard InChI is InChI=1S/C34H35F2N3O4S/c35-29-13-10-26(20-30(29)36)32(38-44(41,42)27-11-9-24-6-2-3-7-25(24)19-27)21-34(40)37-31-14-17-43-33-18-23(8-12-28(31)33)22-39-15-4-1-5-16-39/h2-3,6-13,18-20,31-32,38H,1,4-5,14-17,21-22H2,(H,37,40). The third-order valence-electron chi connectivity index (χ3n) is 8.37. The van der Waals surface area contributed by atoms with Gasteiger partial charge in [-0.1, -0.05) is 55.0 Å². The molecule has 4 aromatic carbocycles. The lowest BCUT2D eigenvalue weighted by Gasteiger charge is -2.29. The molecule has 0 bridgehead atoms. The van der Waals surface area contributed by atoms with Gasteiger partial charge >= 0.3 is 0 Å². The first-order valence-electron chi connectivity index (χ1n) is 15.0. The molecular weight excluding hydrogens is 584 g/mol. The smallest absolute Gasteiger partial charge is 0.241 e. The van der Waals surface area contributed by atoms with Crippen LogP contribution >= 0.6 is 0 Å². The summed E-state index contributed by atoms with van der Waals surface area (Å²) in [5.41, 5.74) is 2.14. The number of hydrogen-bond acceptors (Lipinski definition) is 5. The summed E-state index contributed by atoms with van der Waals surface area (Å²) in [6.45, 7) is 3.44. The molecule has 1 amide bonds. The Balaban J connectivity index is 1.20. The fraction of sp³-hybridized carbons (Fsp3) is 0.324. The lowest BCUT2D eigenvalue weighted by Crippen LogP contribution is -2.36. The number of likely N-dealkylation sites (tertiary alicyclic amines) is 1. The van der Waals surface area contributed by atoms with Gasteiger partial charge in [0.15, 0.2) is 11.6 Å². The zero-order chi connectivity index (χ0) is 30.7. The lowest BCUT2D eigenvalue weighted by atomic mass is 9.97. The van der Waals surface area contributed by atoms with Crippen molar-refractivity contribution in [1.29, 1.82) is 0 Å². The van der Waals surface area contributed by atoms with E-state index in [1.54, 1.807) is 18.2 Å². The highest BCUT2D eigenvalue weighted by Crippen LogP contribution is 2.34. The Morgan fingerprint density at radius 2 is 1.70 bits per heavy atom. The van der Waals surface area contributed by atoms with E-state index in [1.165, 1.54) is 31.4 Å². The quantitative estimate of drug-likeness (QED) is 0.235. The fourth-order valence-electron chi connectivity index (χ4n) is 6.04. The molecule has 2 heterocycles. The number of benzene rings is 4. The van der Waals surface area contributed by atoms with Gasteiger partial charge in [-0.2, -0.15) is 0 Å². The highest BCUT2D eigenvalue weighted by atomic mass is 32.2. The first-order chi connectivity index (χ1) is 21.2. The highest BCUT2D eigenvalue weighted by molar-refractivity contribution is 7.89. The number of ether oxygens (including phenoxy) is 1. The molecule has 4 aromatic rings. The van der Waals surface area contributed by atoms with E-state index in [1.807, 2.05) is 30.3 Å². The molecule has 0 aromatic heterocycles. The molecule has 2 aliphatic rings. The van der Waals surface area contributed by atoms with Crippen LogP contribution in [0.4, 0.5) is 8.78 Å². The molecule has 6 rings (SSSR count). The van der Waals surface area contributed by atoms with Gasteiger partial charge in [0.05, 0.1) is 23.6 Å². The van der Waals surface area contributed by atoms with Crippen LogP contribution in [0.1, 0.15) is 60.9 Å². The normalized spacial score (nSPS) is 17.9. The SMILES string of the molecule is O=C(CC(NS(=O)(=O)c1ccc2ccccc2c1)c1ccc(F)c(F)c1)NC1CCOc2cc(CN3CCCCC3)ccc21. The molecular formula is C34H35F2N3O4S. The van der Waals surface area contributed by atoms with Gasteiger partial charge in [-0.15, -0.1) is 0 Å². The zero-order valence-electron chi connectivity index (χ0n) is 24.3. The molecule has 2 aliphatic heterocycles. The molecule has 7 nitrogen and oxygen atoms in total. The predicted octanol–water partition coefficient (Wildman–Crippen LogP) is 6.15. The first kappa shape index (κ1) is 30.2. The van der Waals surface area contributed by atoms with E-state index in [-0.39, 0.29) is 22.9 Å². The van der Waals surface area contributed by atoms with Crippen molar-refractivity contribution in [2.75, 3.05) is 19.7 Å². The Kier molecular flexibility index (Phi) is 8.93. The second kappa shape index (κ2) is 13.0. The first-order valence-corrected chi connectivity index (χ1v) is 16.5. The molecule has 0 radical (unpaired) electrons. The molecule has 2 unspecified atom stereocenters. The van der Waals surface area contributed by atoms with Crippen molar-refractivity contribution < 1.29 is 26.7 Å². The van der Waals surface area contributed by atoms with Crippen LogP contribution in [-0.4, -0.2) is 38.9 Å². The van der Waals surface area contributed by atoms with Crippen molar-refractivity contribution in [3.05, 3.63) is 107 Å². The van der Waals surface area contributed by atoms with Crippen LogP contribution in [0.3, 0.4) is 0 Å². The van der Waals surface area contributed by atoms with Crippen molar-refractivity contribution in [1.82, 2.24) is 14.9 Å². The van der Waals surface area contributed by atoms with Gasteiger partial charge in [0.1, 0.15) is 5.75 Å². The Bertz CT molecular complexity index is 1780. The van der Waals surface area contributed by atoms with Crippen LogP contribution in [0.5, 0.6) is 5.75 Å². The minimum absolute atomic E-state index is 0.00269. The highest BCUT2D eigenvalue weighted by Gasteiger charge is 2.28. The molecule has 2 N–H and O–H groups in total. The average molecular weight is 620 g/mol. The molecule has 0 saturated carbocycles. The van der Waals surface area contributed by atoms with Gasteiger partial charge in [0, 0.05) is 24.9 Å². The molecule has 10 heteroatoms. The van der Waals surface area contributed by atoms with E-state index in [4.69, 9.17) is 4.74 Å². The Morgan fingerprint density at radius 1 is 0.909 bits per heavy atom. The summed E-state index contributed by atoms with van der Waals surface area (Å²) in [5, 5.41) is 4.62. The number of fused-ring (bicyclic) bond motifs is 2. The van der Waals surface area contributed by atoms with E-state index in [9.17, 15) is 22.0 Å². The number of rotatable bonds is 9. The molecule has 0 aliphatic carbocycles. The Hall–Kier alpha value is -3.86. The van der Waals surface area contributed by atoms with E-state index >= 15 is 0 Å². The number of halogens is 2. The largest absolute Gasteiger partial charge is 0.493 e. The van der Waals surface area contributed by atoms with Gasteiger partial charge in [0.25, 0.3) is 0 Å². The van der Waals surface area contributed by atoms with Crippen molar-refractivity contribution in [3.63, 3.8) is 0 Å². The van der Waals surface area contributed by atoms with Crippen LogP contribution in [0.2, 0.25) is 0 Å². The molecule has 230 valence electrons. The molecule has 44 heavy (non-hydrogen) atoms. The minimum atomic E-state index is -4.14. The third-order valence-corrected chi connectivity index (χ3v) is 9.84. The number of piperidine rings is 1. The number of carbonyl (C=O) groups is 1. The third kappa shape index (κ3) is 6.93. The van der Waals surface area contributed by atoms with Crippen LogP contribution < -0.4 is 14.8 Å². The molecule has 2 atom stereocenters. The second-order valence-corrected chi connectivity index (χ2v) is 13.2. The molecule has 1 fully saturated rings. The number of sulfonamides is 1. The number of nitrogens with zero attached hydrogens (tertiary/aromatic N) is 1. The maximum atomic E-state index is 14.3. The van der Waals surface area contributed by atoms with Gasteiger partial charge < -0.3 is 10.1 Å². The van der Waals surface area contributed by atoms with E-state index in [2.05, 4.69) is 21.0 Å². The summed E-state index contributed by atoms with van der Waals surface area (Å²) in [5.74, 6) is -1.90. The average Bonchev–Trinajstić information content (AvgIpc) is 3.02. The number of amides is 1. The van der Waals surface area contributed by atoms with Gasteiger partial charge in [-0.05, 0) is 78.2 Å². The summed E-state index contributed by atoms with van der Waals surface area (Å²) < 4.78 is 63.5. The Labute approximate surface area is 256 Å². The van der Waals surface area contributed by atoms with Crippen LogP contribution in [0, 0.1) is 11.6 Å². The summed E-state index contributed by atoms with van der Waals surface area (Å²) in [6, 6.07) is 19.8. The molecule has 0 spiro atoms. The van der Waals surface area contributed by atoms with Gasteiger partial charge in [-0.3, -0.25) is 9.69 Å². The van der Waals surface area contributed by atoms with Crippen molar-refractivity contribution >= 4 is 26.7 Å². The topological polar surface area (TPSA) is 87.7 Å². The van der Waals surface area contributed by atoms with Crippen molar-refractivity contribution in [2.45, 2.75) is 55.6 Å². The summed E-state index contributed by atoms with van der Waals surface area (Å²) in [7, 11) is -4.14. The minimum Gasteiger partial charge on any atom is -0.493 e.